The molecule has 6 rings (SSSR count). The van der Waals surface area contributed by atoms with Crippen molar-refractivity contribution < 1.29 is 4.79 Å². The average Bonchev–Trinajstić information content (AvgIpc) is 3.25. The molecule has 0 radical (unpaired) electrons. The maximum Gasteiger partial charge on any atom is 0.236 e. The number of rotatable bonds is 4. The Labute approximate surface area is 207 Å². The lowest BCUT2D eigenvalue weighted by Gasteiger charge is -2.46. The van der Waals surface area contributed by atoms with Crippen LogP contribution in [-0.4, -0.2) is 74.8 Å². The Morgan fingerprint density at radius 1 is 1.00 bits per heavy atom. The number of nitrogens with zero attached hydrogens (tertiary/aromatic N) is 5. The van der Waals surface area contributed by atoms with Crippen molar-refractivity contribution in [1.29, 1.82) is 0 Å². The van der Waals surface area contributed by atoms with Crippen LogP contribution >= 0.6 is 11.6 Å². The van der Waals surface area contributed by atoms with Crippen LogP contribution in [0.1, 0.15) is 43.2 Å². The van der Waals surface area contributed by atoms with Crippen LogP contribution in [0, 0.1) is 11.8 Å². The summed E-state index contributed by atoms with van der Waals surface area (Å²) < 4.78 is 0. The van der Waals surface area contributed by atoms with Crippen LogP contribution in [0.4, 0.5) is 0 Å². The smallest absolute Gasteiger partial charge is 0.236 e. The van der Waals surface area contributed by atoms with Crippen molar-refractivity contribution in [3.05, 3.63) is 48.0 Å². The van der Waals surface area contributed by atoms with Gasteiger partial charge in [-0.3, -0.25) is 14.6 Å². The number of aromatic nitrogens is 2. The molecule has 6 nitrogen and oxygen atoms in total. The molecule has 1 unspecified atom stereocenters. The van der Waals surface area contributed by atoms with Crippen LogP contribution < -0.4 is 0 Å². The van der Waals surface area contributed by atoms with Crippen molar-refractivity contribution >= 4 is 17.5 Å². The summed E-state index contributed by atoms with van der Waals surface area (Å²) in [7, 11) is 0. The van der Waals surface area contributed by atoms with Crippen molar-refractivity contribution in [1.82, 2.24) is 24.7 Å². The zero-order valence-corrected chi connectivity index (χ0v) is 20.5. The Balaban J connectivity index is 1.04. The van der Waals surface area contributed by atoms with Gasteiger partial charge in [0.2, 0.25) is 5.91 Å². The maximum atomic E-state index is 13.2. The van der Waals surface area contributed by atoms with Gasteiger partial charge in [0.15, 0.2) is 0 Å². The Morgan fingerprint density at radius 2 is 1.85 bits per heavy atom. The van der Waals surface area contributed by atoms with E-state index in [0.717, 1.165) is 55.6 Å². The number of hydrogen-bond donors (Lipinski definition) is 0. The summed E-state index contributed by atoms with van der Waals surface area (Å²) in [4.78, 5) is 28.2. The molecule has 2 aliphatic carbocycles. The first kappa shape index (κ1) is 22.4. The SMILES string of the molecule is O=C(CN1CCc2cc(-c3cncnc3)ccc2C1)N1CCN(C2CC[C@@H]3CC[C@@H]2C3)[C@@H](Cl)C1. The summed E-state index contributed by atoms with van der Waals surface area (Å²) in [6.07, 6.45) is 13.0. The highest BCUT2D eigenvalue weighted by Crippen LogP contribution is 2.44. The first-order valence-electron chi connectivity index (χ1n) is 12.9. The summed E-state index contributed by atoms with van der Waals surface area (Å²) in [5.41, 5.74) is 4.81. The first-order chi connectivity index (χ1) is 16.6. The molecule has 2 aliphatic heterocycles. The van der Waals surface area contributed by atoms with E-state index in [1.807, 2.05) is 17.3 Å². The van der Waals surface area contributed by atoms with Gasteiger partial charge in [0.1, 0.15) is 11.8 Å². The van der Waals surface area contributed by atoms with E-state index in [-0.39, 0.29) is 11.4 Å². The van der Waals surface area contributed by atoms with Gasteiger partial charge in [-0.1, -0.05) is 24.6 Å². The number of alkyl halides is 1. The number of fused-ring (bicyclic) bond motifs is 3. The standard InChI is InChI=1S/C27H34ClN5O/c28-26-16-32(9-10-33(26)25-6-2-19-1-3-22(25)11-19)27(34)17-31-8-7-21-12-20(4-5-23(21)15-31)24-13-29-18-30-14-24/h4-5,12-14,18-19,22,25-26H,1-3,6-11,15-17H2/t19-,22+,25?,26+/m0/s1. The minimum atomic E-state index is -0.0534. The number of piperazine rings is 1. The van der Waals surface area contributed by atoms with Crippen molar-refractivity contribution in [2.45, 2.75) is 56.6 Å². The van der Waals surface area contributed by atoms with E-state index in [1.165, 1.54) is 43.2 Å². The van der Waals surface area contributed by atoms with Crippen LogP contribution in [0.15, 0.2) is 36.9 Å². The third-order valence-corrected chi connectivity index (χ3v) is 9.07. The zero-order valence-electron chi connectivity index (χ0n) is 19.8. The van der Waals surface area contributed by atoms with E-state index in [2.05, 4.69) is 38.0 Å². The summed E-state index contributed by atoms with van der Waals surface area (Å²) in [6.45, 7) is 4.58. The number of carbonyl (C=O) groups is 1. The van der Waals surface area contributed by atoms with Gasteiger partial charge >= 0.3 is 0 Å². The van der Waals surface area contributed by atoms with Crippen molar-refractivity contribution in [3.63, 3.8) is 0 Å². The molecule has 4 aliphatic rings. The first-order valence-corrected chi connectivity index (χ1v) is 13.3. The lowest BCUT2D eigenvalue weighted by molar-refractivity contribution is -0.135. The minimum Gasteiger partial charge on any atom is -0.337 e. The molecule has 2 saturated carbocycles. The fourth-order valence-corrected chi connectivity index (χ4v) is 7.23. The Morgan fingerprint density at radius 3 is 2.71 bits per heavy atom. The molecular formula is C27H34ClN5O. The van der Waals surface area contributed by atoms with Gasteiger partial charge in [-0.25, -0.2) is 9.97 Å². The second kappa shape index (κ2) is 9.56. The van der Waals surface area contributed by atoms with E-state index in [0.29, 0.717) is 19.1 Å². The minimum absolute atomic E-state index is 0.0534. The molecule has 34 heavy (non-hydrogen) atoms. The zero-order chi connectivity index (χ0) is 23.1. The summed E-state index contributed by atoms with van der Waals surface area (Å²) in [5.74, 6) is 2.01. The Hall–Kier alpha value is -2.02. The van der Waals surface area contributed by atoms with Gasteiger partial charge in [0.25, 0.3) is 0 Å². The Kier molecular flexibility index (Phi) is 6.31. The highest BCUT2D eigenvalue weighted by atomic mass is 35.5. The fraction of sp³-hybridized carbons (Fsp3) is 0.593. The van der Waals surface area contributed by atoms with Gasteiger partial charge in [-0.05, 0) is 60.6 Å². The largest absolute Gasteiger partial charge is 0.337 e. The summed E-state index contributed by atoms with van der Waals surface area (Å²) in [5, 5.41) is 0. The molecule has 3 fully saturated rings. The highest BCUT2D eigenvalue weighted by Gasteiger charge is 2.42. The number of halogens is 1. The van der Waals surface area contributed by atoms with Crippen molar-refractivity contribution in [2.75, 3.05) is 32.7 Å². The van der Waals surface area contributed by atoms with Gasteiger partial charge < -0.3 is 4.90 Å². The van der Waals surface area contributed by atoms with E-state index in [1.54, 1.807) is 6.33 Å². The van der Waals surface area contributed by atoms with E-state index in [9.17, 15) is 4.79 Å². The molecule has 7 heteroatoms. The number of amides is 1. The number of benzene rings is 1. The summed E-state index contributed by atoms with van der Waals surface area (Å²) >= 11 is 6.88. The molecule has 4 atom stereocenters. The summed E-state index contributed by atoms with van der Waals surface area (Å²) in [6, 6.07) is 7.21. The van der Waals surface area contributed by atoms with Crippen LogP contribution in [0.2, 0.25) is 0 Å². The van der Waals surface area contributed by atoms with Crippen LogP contribution in [0.25, 0.3) is 11.1 Å². The Bertz CT molecular complexity index is 1030. The molecular weight excluding hydrogens is 446 g/mol. The second-order valence-electron chi connectivity index (χ2n) is 10.7. The average molecular weight is 480 g/mol. The molecule has 1 amide bonds. The van der Waals surface area contributed by atoms with Gasteiger partial charge in [-0.15, -0.1) is 11.6 Å². The van der Waals surface area contributed by atoms with E-state index < -0.39 is 0 Å². The molecule has 1 saturated heterocycles. The predicted molar refractivity (Wildman–Crippen MR) is 133 cm³/mol. The molecule has 0 spiro atoms. The normalized spacial score (nSPS) is 29.7. The number of hydrogen-bond acceptors (Lipinski definition) is 5. The third kappa shape index (κ3) is 4.48. The molecule has 2 aromatic rings. The van der Waals surface area contributed by atoms with E-state index in [4.69, 9.17) is 11.6 Å². The molecule has 0 N–H and O–H groups in total. The molecule has 3 heterocycles. The molecule has 180 valence electrons. The predicted octanol–water partition coefficient (Wildman–Crippen LogP) is 3.79. The molecule has 1 aromatic carbocycles. The highest BCUT2D eigenvalue weighted by molar-refractivity contribution is 6.20. The van der Waals surface area contributed by atoms with Gasteiger partial charge in [0, 0.05) is 50.2 Å². The maximum absolute atomic E-state index is 13.2. The third-order valence-electron chi connectivity index (χ3n) is 8.68. The quantitative estimate of drug-likeness (QED) is 0.493. The lowest BCUT2D eigenvalue weighted by Crippen LogP contribution is -2.58. The molecule has 2 bridgehead atoms. The molecule has 1 aromatic heterocycles. The van der Waals surface area contributed by atoms with Crippen LogP contribution in [0.3, 0.4) is 0 Å². The van der Waals surface area contributed by atoms with E-state index >= 15 is 0 Å². The number of carbonyl (C=O) groups excluding carboxylic acids is 1. The monoisotopic (exact) mass is 479 g/mol. The second-order valence-corrected chi connectivity index (χ2v) is 11.2. The fourth-order valence-electron chi connectivity index (χ4n) is 6.82. The van der Waals surface area contributed by atoms with Gasteiger partial charge in [0.05, 0.1) is 13.1 Å². The van der Waals surface area contributed by atoms with Crippen molar-refractivity contribution in [2.24, 2.45) is 11.8 Å². The van der Waals surface area contributed by atoms with Gasteiger partial charge in [-0.2, -0.15) is 0 Å². The van der Waals surface area contributed by atoms with Crippen molar-refractivity contribution in [3.8, 4) is 11.1 Å². The van der Waals surface area contributed by atoms with Crippen LogP contribution in [0.5, 0.6) is 0 Å². The topological polar surface area (TPSA) is 52.6 Å². The lowest BCUT2D eigenvalue weighted by atomic mass is 9.84. The van der Waals surface area contributed by atoms with Crippen LogP contribution in [-0.2, 0) is 17.8 Å².